The Morgan fingerprint density at radius 3 is 2.37 bits per heavy atom. The SMILES string of the molecule is CC(C)CCOc1cccc(C(=O)Nc2ccc(S(=O)(=O)N(C)C)cc2)c1. The van der Waals surface area contributed by atoms with Gasteiger partial charge in [-0.3, -0.25) is 4.79 Å². The lowest BCUT2D eigenvalue weighted by molar-refractivity contribution is 0.102. The van der Waals surface area contributed by atoms with Crippen molar-refractivity contribution in [1.82, 2.24) is 4.31 Å². The third-order valence-electron chi connectivity index (χ3n) is 3.95. The molecule has 0 unspecified atom stereocenters. The van der Waals surface area contributed by atoms with Crippen LogP contribution in [0.4, 0.5) is 5.69 Å². The van der Waals surface area contributed by atoms with E-state index in [0.29, 0.717) is 29.5 Å². The first-order valence-electron chi connectivity index (χ1n) is 8.77. The van der Waals surface area contributed by atoms with Gasteiger partial charge < -0.3 is 10.1 Å². The van der Waals surface area contributed by atoms with Gasteiger partial charge in [-0.1, -0.05) is 19.9 Å². The molecule has 2 rings (SSSR count). The highest BCUT2D eigenvalue weighted by atomic mass is 32.2. The second-order valence-corrected chi connectivity index (χ2v) is 8.98. The summed E-state index contributed by atoms with van der Waals surface area (Å²) >= 11 is 0. The molecule has 1 N–H and O–H groups in total. The van der Waals surface area contributed by atoms with E-state index >= 15 is 0 Å². The van der Waals surface area contributed by atoms with E-state index in [1.54, 1.807) is 30.3 Å². The van der Waals surface area contributed by atoms with E-state index in [1.165, 1.54) is 26.2 Å². The van der Waals surface area contributed by atoms with Gasteiger partial charge >= 0.3 is 0 Å². The predicted octanol–water partition coefficient (Wildman–Crippen LogP) is 3.61. The summed E-state index contributed by atoms with van der Waals surface area (Å²) in [6, 6.07) is 13.1. The van der Waals surface area contributed by atoms with Crippen molar-refractivity contribution in [2.24, 2.45) is 5.92 Å². The first-order chi connectivity index (χ1) is 12.7. The molecule has 0 fully saturated rings. The molecule has 7 heteroatoms. The van der Waals surface area contributed by atoms with E-state index in [-0.39, 0.29) is 10.8 Å². The van der Waals surface area contributed by atoms with Gasteiger partial charge in [-0.05, 0) is 54.8 Å². The molecule has 0 saturated carbocycles. The Bertz CT molecular complexity index is 875. The molecule has 2 aromatic carbocycles. The van der Waals surface area contributed by atoms with Crippen molar-refractivity contribution in [2.45, 2.75) is 25.2 Å². The molecule has 0 aromatic heterocycles. The average Bonchev–Trinajstić information content (AvgIpc) is 2.62. The normalized spacial score (nSPS) is 11.6. The summed E-state index contributed by atoms with van der Waals surface area (Å²) in [6.45, 7) is 4.86. The second kappa shape index (κ2) is 9.01. The maximum absolute atomic E-state index is 12.4. The molecule has 0 aliphatic heterocycles. The molecule has 0 saturated heterocycles. The highest BCUT2D eigenvalue weighted by molar-refractivity contribution is 7.89. The number of carbonyl (C=O) groups is 1. The average molecular weight is 391 g/mol. The van der Waals surface area contributed by atoms with Gasteiger partial charge in [0.05, 0.1) is 11.5 Å². The number of nitrogens with zero attached hydrogens (tertiary/aromatic N) is 1. The molecule has 0 spiro atoms. The van der Waals surface area contributed by atoms with Gasteiger partial charge in [0, 0.05) is 25.3 Å². The van der Waals surface area contributed by atoms with Crippen LogP contribution in [0.1, 0.15) is 30.6 Å². The van der Waals surface area contributed by atoms with Crippen molar-refractivity contribution in [1.29, 1.82) is 0 Å². The third-order valence-corrected chi connectivity index (χ3v) is 5.78. The summed E-state index contributed by atoms with van der Waals surface area (Å²) in [5, 5.41) is 2.76. The number of sulfonamides is 1. The van der Waals surface area contributed by atoms with Gasteiger partial charge in [0.2, 0.25) is 10.0 Å². The number of anilines is 1. The van der Waals surface area contributed by atoms with Crippen molar-refractivity contribution in [3.63, 3.8) is 0 Å². The van der Waals surface area contributed by atoms with Crippen molar-refractivity contribution >= 4 is 21.6 Å². The van der Waals surface area contributed by atoms with Crippen LogP contribution in [-0.4, -0.2) is 39.3 Å². The van der Waals surface area contributed by atoms with Crippen molar-refractivity contribution in [3.8, 4) is 5.75 Å². The largest absolute Gasteiger partial charge is 0.494 e. The molecule has 0 aliphatic rings. The fourth-order valence-electron chi connectivity index (χ4n) is 2.26. The lowest BCUT2D eigenvalue weighted by Crippen LogP contribution is -2.22. The maximum atomic E-state index is 12.4. The number of ether oxygens (including phenoxy) is 1. The molecule has 146 valence electrons. The molecule has 1 amide bonds. The lowest BCUT2D eigenvalue weighted by atomic mass is 10.1. The van der Waals surface area contributed by atoms with E-state index in [4.69, 9.17) is 4.74 Å². The van der Waals surface area contributed by atoms with Gasteiger partial charge in [-0.25, -0.2) is 12.7 Å². The minimum atomic E-state index is -3.49. The van der Waals surface area contributed by atoms with E-state index < -0.39 is 10.0 Å². The number of hydrogen-bond acceptors (Lipinski definition) is 4. The van der Waals surface area contributed by atoms with Crippen LogP contribution in [0, 0.1) is 5.92 Å². The Labute approximate surface area is 161 Å². The first-order valence-corrected chi connectivity index (χ1v) is 10.2. The zero-order valence-corrected chi connectivity index (χ0v) is 16.9. The van der Waals surface area contributed by atoms with E-state index in [9.17, 15) is 13.2 Å². The molecule has 27 heavy (non-hydrogen) atoms. The first kappa shape index (κ1) is 20.9. The van der Waals surface area contributed by atoms with Crippen LogP contribution in [0.25, 0.3) is 0 Å². The molecule has 0 atom stereocenters. The number of carbonyl (C=O) groups excluding carboxylic acids is 1. The van der Waals surface area contributed by atoms with Crippen LogP contribution in [0.5, 0.6) is 5.75 Å². The molecular formula is C20H26N2O4S. The fourth-order valence-corrected chi connectivity index (χ4v) is 3.17. The maximum Gasteiger partial charge on any atom is 0.255 e. The van der Waals surface area contributed by atoms with Crippen molar-refractivity contribution in [2.75, 3.05) is 26.0 Å². The minimum absolute atomic E-state index is 0.172. The zero-order valence-electron chi connectivity index (χ0n) is 16.1. The molecule has 0 aliphatic carbocycles. The molecule has 6 nitrogen and oxygen atoms in total. The van der Waals surface area contributed by atoms with Crippen LogP contribution in [-0.2, 0) is 10.0 Å². The smallest absolute Gasteiger partial charge is 0.255 e. The van der Waals surface area contributed by atoms with Crippen LogP contribution in [0.3, 0.4) is 0 Å². The van der Waals surface area contributed by atoms with Crippen molar-refractivity contribution < 1.29 is 17.9 Å². The molecule has 0 heterocycles. The van der Waals surface area contributed by atoms with E-state index in [1.807, 2.05) is 6.07 Å². The molecular weight excluding hydrogens is 364 g/mol. The Kier molecular flexibility index (Phi) is 6.98. The minimum Gasteiger partial charge on any atom is -0.494 e. The van der Waals surface area contributed by atoms with E-state index in [2.05, 4.69) is 19.2 Å². The Hall–Kier alpha value is -2.38. The Morgan fingerprint density at radius 2 is 1.78 bits per heavy atom. The van der Waals surface area contributed by atoms with Crippen LogP contribution < -0.4 is 10.1 Å². The van der Waals surface area contributed by atoms with Gasteiger partial charge in [-0.2, -0.15) is 0 Å². The summed E-state index contributed by atoms with van der Waals surface area (Å²) in [4.78, 5) is 12.6. The number of nitrogens with one attached hydrogen (secondary N) is 1. The summed E-state index contributed by atoms with van der Waals surface area (Å²) in [5.41, 5.74) is 0.992. The molecule has 2 aromatic rings. The van der Waals surface area contributed by atoms with Gasteiger partial charge in [-0.15, -0.1) is 0 Å². The molecule has 0 radical (unpaired) electrons. The highest BCUT2D eigenvalue weighted by Gasteiger charge is 2.17. The summed E-state index contributed by atoms with van der Waals surface area (Å²) in [5.74, 6) is 0.916. The Morgan fingerprint density at radius 1 is 1.11 bits per heavy atom. The summed E-state index contributed by atoms with van der Waals surface area (Å²) in [6.07, 6.45) is 0.943. The summed E-state index contributed by atoms with van der Waals surface area (Å²) in [7, 11) is -0.544. The highest BCUT2D eigenvalue weighted by Crippen LogP contribution is 2.19. The topological polar surface area (TPSA) is 75.7 Å². The van der Waals surface area contributed by atoms with Crippen LogP contribution in [0.15, 0.2) is 53.4 Å². The molecule has 0 bridgehead atoms. The summed E-state index contributed by atoms with van der Waals surface area (Å²) < 4.78 is 31.0. The van der Waals surface area contributed by atoms with Crippen LogP contribution >= 0.6 is 0 Å². The Balaban J connectivity index is 2.05. The number of hydrogen-bond donors (Lipinski definition) is 1. The standard InChI is InChI=1S/C20H26N2O4S/c1-15(2)12-13-26-18-7-5-6-16(14-18)20(23)21-17-8-10-19(11-9-17)27(24,25)22(3)4/h5-11,14-15H,12-13H2,1-4H3,(H,21,23). The lowest BCUT2D eigenvalue weighted by Gasteiger charge is -2.12. The monoisotopic (exact) mass is 390 g/mol. The van der Waals surface area contributed by atoms with Crippen LogP contribution in [0.2, 0.25) is 0 Å². The third kappa shape index (κ3) is 5.80. The van der Waals surface area contributed by atoms with Gasteiger partial charge in [0.1, 0.15) is 5.75 Å². The van der Waals surface area contributed by atoms with E-state index in [0.717, 1.165) is 10.7 Å². The second-order valence-electron chi connectivity index (χ2n) is 6.82. The van der Waals surface area contributed by atoms with Gasteiger partial charge in [0.15, 0.2) is 0 Å². The van der Waals surface area contributed by atoms with Gasteiger partial charge in [0.25, 0.3) is 5.91 Å². The number of amides is 1. The van der Waals surface area contributed by atoms with Crippen molar-refractivity contribution in [3.05, 3.63) is 54.1 Å². The quantitative estimate of drug-likeness (QED) is 0.747. The number of benzene rings is 2. The fraction of sp³-hybridized carbons (Fsp3) is 0.350. The zero-order chi connectivity index (χ0) is 20.0. The predicted molar refractivity (Wildman–Crippen MR) is 107 cm³/mol. The number of rotatable bonds is 8.